The fourth-order valence-corrected chi connectivity index (χ4v) is 5.36. The van der Waals surface area contributed by atoms with Crippen molar-refractivity contribution in [3.63, 3.8) is 0 Å². The molecule has 0 aliphatic carbocycles. The van der Waals surface area contributed by atoms with Crippen LogP contribution < -0.4 is 0 Å². The van der Waals surface area contributed by atoms with Crippen LogP contribution in [0, 0.1) is 28.7 Å². The van der Waals surface area contributed by atoms with E-state index >= 15 is 0 Å². The van der Waals surface area contributed by atoms with E-state index in [0.717, 1.165) is 0 Å². The van der Waals surface area contributed by atoms with Gasteiger partial charge in [0.25, 0.3) is 0 Å². The van der Waals surface area contributed by atoms with Gasteiger partial charge in [-0.25, -0.2) is 0 Å². The van der Waals surface area contributed by atoms with Crippen molar-refractivity contribution < 1.29 is 23.3 Å². The van der Waals surface area contributed by atoms with Crippen LogP contribution >= 0.6 is 0 Å². The molecule has 7 aromatic rings. The van der Waals surface area contributed by atoms with Gasteiger partial charge in [0, 0.05) is 0 Å². The fraction of sp³-hybridized carbons (Fsp3) is 0.0500. The molecule has 0 aromatic heterocycles. The summed E-state index contributed by atoms with van der Waals surface area (Å²) in [5, 5.41) is 5.37. The Morgan fingerprint density at radius 1 is 0.500 bits per heavy atom. The van der Waals surface area contributed by atoms with Gasteiger partial charge >= 0.3 is 30.2 Å². The molecule has 2 heteroatoms. The van der Waals surface area contributed by atoms with Crippen LogP contribution in [0.2, 0.25) is 0 Å². The van der Waals surface area contributed by atoms with E-state index in [2.05, 4.69) is 166 Å². The zero-order valence-electron chi connectivity index (χ0n) is 24.9. The minimum atomic E-state index is 0. The van der Waals surface area contributed by atoms with Gasteiger partial charge in [-0.1, -0.05) is 140 Å². The number of rotatable bonds is 3. The maximum atomic E-state index is 3.06. The molecule has 0 N–H and O–H groups in total. The smallest absolute Gasteiger partial charge is 0.0259 e. The first-order valence-corrected chi connectivity index (χ1v) is 17.6. The van der Waals surface area contributed by atoms with Crippen LogP contribution in [0.5, 0.6) is 0 Å². The van der Waals surface area contributed by atoms with E-state index in [4.69, 9.17) is 0 Å². The molecular formula is C40H36SiZr-4. The van der Waals surface area contributed by atoms with Crippen molar-refractivity contribution in [2.45, 2.75) is 13.8 Å². The monoisotopic (exact) mass is 634 g/mol. The predicted molar refractivity (Wildman–Crippen MR) is 183 cm³/mol. The Morgan fingerprint density at radius 2 is 1.02 bits per heavy atom. The van der Waals surface area contributed by atoms with Crippen LogP contribution in [-0.2, 0) is 23.3 Å². The average molecular weight is 636 g/mol. The molecule has 0 saturated heterocycles. The van der Waals surface area contributed by atoms with Crippen molar-refractivity contribution in [2.24, 2.45) is 0 Å². The second-order valence-corrected chi connectivity index (χ2v) is 9.94. The standard InChI is InChI=1S/C21H15.C17H15.2CH3.Si.Zr/c1-3-8-16(9-4-1)19-14-18-12-7-13-20(21(18)15-19)17-10-5-2-6-11-17;1-12-10-16-13(2)8-9-15(17(16)11-12)14-6-4-3-5-7-14;;;;/h1-15H;3-11H,1-2H3;2*1H3;;/q4*-1;;. The van der Waals surface area contributed by atoms with Crippen LogP contribution in [0.4, 0.5) is 0 Å². The average Bonchev–Trinajstić information content (AvgIpc) is 3.64. The van der Waals surface area contributed by atoms with Crippen LogP contribution in [0.15, 0.2) is 146 Å². The molecular weight excluding hydrogens is 600 g/mol. The molecule has 42 heavy (non-hydrogen) atoms. The van der Waals surface area contributed by atoms with Crippen LogP contribution in [0.3, 0.4) is 0 Å². The van der Waals surface area contributed by atoms with Gasteiger partial charge in [-0.3, -0.25) is 0 Å². The molecule has 0 nitrogen and oxygen atoms in total. The van der Waals surface area contributed by atoms with Crippen LogP contribution in [-0.4, -0.2) is 6.88 Å². The summed E-state index contributed by atoms with van der Waals surface area (Å²) in [4.78, 5) is 0. The SMILES string of the molecule is Cc1cc2c(-c3ccccc3)ccc(C)c2[cH-]1.[CH3-].[CH3-].[Si]=[Zr].c1ccc(-c2cc3c(-c4ccccc4)cccc3[cH-]2)cc1. The minimum Gasteiger partial charge on any atom is -0.144 e. The van der Waals surface area contributed by atoms with E-state index in [1.54, 1.807) is 0 Å². The summed E-state index contributed by atoms with van der Waals surface area (Å²) in [5.74, 6) is 0. The summed E-state index contributed by atoms with van der Waals surface area (Å²) >= 11 is 1.36. The Labute approximate surface area is 269 Å². The summed E-state index contributed by atoms with van der Waals surface area (Å²) in [7, 11) is 0. The van der Waals surface area contributed by atoms with Gasteiger partial charge in [0.1, 0.15) is 0 Å². The number of aryl methyl sites for hydroxylation is 2. The first kappa shape index (κ1) is 32.9. The Kier molecular flexibility index (Phi) is 12.2. The number of benzene rings is 5. The molecule has 7 rings (SSSR count). The van der Waals surface area contributed by atoms with E-state index in [0.29, 0.717) is 0 Å². The molecule has 0 atom stereocenters. The summed E-state index contributed by atoms with van der Waals surface area (Å²) in [5.41, 5.74) is 10.5. The molecule has 0 heterocycles. The fourth-order valence-electron chi connectivity index (χ4n) is 5.36. The van der Waals surface area contributed by atoms with Crippen LogP contribution in [0.1, 0.15) is 11.1 Å². The van der Waals surface area contributed by atoms with E-state index in [-0.39, 0.29) is 14.9 Å². The normalized spacial score (nSPS) is 9.93. The molecule has 7 aromatic carbocycles. The summed E-state index contributed by atoms with van der Waals surface area (Å²) < 4.78 is 0. The zero-order chi connectivity index (χ0) is 27.9. The van der Waals surface area contributed by atoms with Crippen molar-refractivity contribution in [1.29, 1.82) is 0 Å². The maximum absolute atomic E-state index is 3.06. The second-order valence-electron chi connectivity index (χ2n) is 9.94. The Bertz CT molecular complexity index is 1830. The largest absolute Gasteiger partial charge is 0.144 e. The molecule has 0 unspecified atom stereocenters. The summed E-state index contributed by atoms with van der Waals surface area (Å²) in [6.45, 7) is 7.40. The molecule has 0 bridgehead atoms. The molecule has 2 radical (unpaired) electrons. The Morgan fingerprint density at radius 3 is 1.60 bits per heavy atom. The molecule has 0 spiro atoms. The van der Waals surface area contributed by atoms with Gasteiger partial charge in [0.05, 0.1) is 0 Å². The third-order valence-corrected chi connectivity index (χ3v) is 7.28. The molecule has 0 aliphatic heterocycles. The first-order chi connectivity index (χ1) is 19.7. The van der Waals surface area contributed by atoms with Gasteiger partial charge in [0.15, 0.2) is 0 Å². The number of hydrogen-bond acceptors (Lipinski definition) is 0. The molecule has 0 amide bonds. The topological polar surface area (TPSA) is 0 Å². The number of hydrogen-bond donors (Lipinski definition) is 0. The van der Waals surface area contributed by atoms with E-state index in [1.165, 1.54) is 89.4 Å². The van der Waals surface area contributed by atoms with Crippen molar-refractivity contribution in [1.82, 2.24) is 0 Å². The van der Waals surface area contributed by atoms with Gasteiger partial charge in [-0.2, -0.15) is 6.07 Å². The van der Waals surface area contributed by atoms with Gasteiger partial charge in [-0.05, 0) is 11.1 Å². The predicted octanol–water partition coefficient (Wildman–Crippen LogP) is 11.3. The van der Waals surface area contributed by atoms with Gasteiger partial charge < -0.3 is 14.9 Å². The van der Waals surface area contributed by atoms with Crippen LogP contribution in [0.25, 0.3) is 54.9 Å². The Balaban J connectivity index is 0.000000212. The van der Waals surface area contributed by atoms with Crippen molar-refractivity contribution in [2.75, 3.05) is 0 Å². The Hall–Kier alpha value is -3.58. The molecule has 0 fully saturated rings. The zero-order valence-corrected chi connectivity index (χ0v) is 28.3. The quantitative estimate of drug-likeness (QED) is 0.134. The van der Waals surface area contributed by atoms with E-state index in [1.807, 2.05) is 0 Å². The van der Waals surface area contributed by atoms with Crippen molar-refractivity contribution >= 4 is 28.4 Å². The number of fused-ring (bicyclic) bond motifs is 2. The van der Waals surface area contributed by atoms with E-state index in [9.17, 15) is 0 Å². The summed E-state index contributed by atoms with van der Waals surface area (Å²) in [6.07, 6.45) is 0. The first-order valence-electron chi connectivity index (χ1n) is 13.4. The van der Waals surface area contributed by atoms with E-state index < -0.39 is 0 Å². The maximum Gasteiger partial charge on any atom is -0.0259 e. The second kappa shape index (κ2) is 15.6. The van der Waals surface area contributed by atoms with Gasteiger partial charge in [0.2, 0.25) is 0 Å². The third kappa shape index (κ3) is 7.24. The third-order valence-electron chi connectivity index (χ3n) is 7.28. The molecule has 208 valence electrons. The minimum absolute atomic E-state index is 0. The summed E-state index contributed by atoms with van der Waals surface area (Å²) in [6, 6.07) is 51.8. The van der Waals surface area contributed by atoms with Crippen molar-refractivity contribution in [3.8, 4) is 33.4 Å². The van der Waals surface area contributed by atoms with Crippen molar-refractivity contribution in [3.05, 3.63) is 172 Å². The molecule has 0 saturated carbocycles. The molecule has 0 aliphatic rings. The van der Waals surface area contributed by atoms with Gasteiger partial charge in [-0.15, -0.1) is 68.6 Å².